The van der Waals surface area contributed by atoms with Gasteiger partial charge in [0.05, 0.1) is 10.0 Å². The predicted molar refractivity (Wildman–Crippen MR) is 77.3 cm³/mol. The van der Waals surface area contributed by atoms with E-state index in [4.69, 9.17) is 23.2 Å². The lowest BCUT2D eigenvalue weighted by Crippen LogP contribution is -2.44. The van der Waals surface area contributed by atoms with E-state index in [0.29, 0.717) is 13.0 Å². The van der Waals surface area contributed by atoms with Crippen LogP contribution in [-0.2, 0) is 4.79 Å². The summed E-state index contributed by atoms with van der Waals surface area (Å²) in [6.45, 7) is 2.12. The Labute approximate surface area is 130 Å². The number of carbonyl (C=O) groups excluding carboxylic acids is 1. The quantitative estimate of drug-likeness (QED) is 0.813. The number of amides is 2. The molecule has 0 aromatic heterocycles. The molecule has 5 nitrogen and oxygen atoms in total. The van der Waals surface area contributed by atoms with Crippen LogP contribution in [0.3, 0.4) is 0 Å². The zero-order valence-corrected chi connectivity index (χ0v) is 12.6. The highest BCUT2D eigenvalue weighted by molar-refractivity contribution is 6.35. The summed E-state index contributed by atoms with van der Waals surface area (Å²) in [6.07, 6.45) is 0.606. The molecule has 8 heteroatoms. The van der Waals surface area contributed by atoms with Crippen LogP contribution in [0, 0.1) is 11.7 Å². The lowest BCUT2D eigenvalue weighted by Gasteiger charge is -2.23. The lowest BCUT2D eigenvalue weighted by atomic mass is 10.0. The molecule has 1 fully saturated rings. The van der Waals surface area contributed by atoms with E-state index in [1.54, 1.807) is 6.92 Å². The molecule has 1 aromatic carbocycles. The van der Waals surface area contributed by atoms with Crippen molar-refractivity contribution in [1.82, 2.24) is 4.90 Å². The van der Waals surface area contributed by atoms with Crippen LogP contribution in [0.25, 0.3) is 0 Å². The highest BCUT2D eigenvalue weighted by Crippen LogP contribution is 2.29. The first kappa shape index (κ1) is 15.9. The molecule has 0 radical (unpaired) electrons. The molecule has 114 valence electrons. The van der Waals surface area contributed by atoms with Crippen molar-refractivity contribution in [3.8, 4) is 0 Å². The van der Waals surface area contributed by atoms with E-state index >= 15 is 0 Å². The monoisotopic (exact) mass is 334 g/mol. The Morgan fingerprint density at radius 3 is 2.48 bits per heavy atom. The van der Waals surface area contributed by atoms with Gasteiger partial charge < -0.3 is 15.3 Å². The number of hydrogen-bond donors (Lipinski definition) is 2. The van der Waals surface area contributed by atoms with Crippen LogP contribution in [0.4, 0.5) is 14.9 Å². The van der Waals surface area contributed by atoms with Gasteiger partial charge in [-0.25, -0.2) is 14.0 Å². The Morgan fingerprint density at radius 1 is 1.38 bits per heavy atom. The molecule has 2 amide bonds. The number of anilines is 1. The molecule has 1 aliphatic rings. The zero-order valence-electron chi connectivity index (χ0n) is 11.1. The van der Waals surface area contributed by atoms with E-state index in [9.17, 15) is 19.1 Å². The molecule has 0 bridgehead atoms. The minimum absolute atomic E-state index is 0.131. The molecular weight excluding hydrogens is 322 g/mol. The number of carboxylic acids is 1. The number of nitrogens with one attached hydrogen (secondary N) is 1. The predicted octanol–water partition coefficient (Wildman–Crippen LogP) is 3.46. The largest absolute Gasteiger partial charge is 0.480 e. The molecule has 2 rings (SSSR count). The van der Waals surface area contributed by atoms with Gasteiger partial charge in [0.2, 0.25) is 0 Å². The van der Waals surface area contributed by atoms with E-state index < -0.39 is 23.9 Å². The first-order valence-electron chi connectivity index (χ1n) is 6.26. The van der Waals surface area contributed by atoms with Crippen LogP contribution in [-0.4, -0.2) is 34.6 Å². The van der Waals surface area contributed by atoms with Crippen molar-refractivity contribution >= 4 is 40.9 Å². The topological polar surface area (TPSA) is 69.6 Å². The SMILES string of the molecule is CC1CCN(C(=O)Nc2cc(Cl)c(F)c(Cl)c2)C1C(=O)O. The van der Waals surface area contributed by atoms with Gasteiger partial charge in [-0.15, -0.1) is 0 Å². The van der Waals surface area contributed by atoms with Gasteiger partial charge in [0.25, 0.3) is 0 Å². The second-order valence-electron chi connectivity index (χ2n) is 4.93. The molecule has 1 aliphatic heterocycles. The summed E-state index contributed by atoms with van der Waals surface area (Å²) in [5.74, 6) is -1.95. The van der Waals surface area contributed by atoms with E-state index in [1.165, 1.54) is 17.0 Å². The fourth-order valence-electron chi connectivity index (χ4n) is 2.37. The summed E-state index contributed by atoms with van der Waals surface area (Å²) in [5, 5.41) is 11.2. The molecule has 2 N–H and O–H groups in total. The van der Waals surface area contributed by atoms with Gasteiger partial charge in [0.1, 0.15) is 6.04 Å². The number of rotatable bonds is 2. The maximum absolute atomic E-state index is 13.3. The number of aliphatic carboxylic acids is 1. The van der Waals surface area contributed by atoms with Crippen LogP contribution in [0.15, 0.2) is 12.1 Å². The number of hydrogen-bond acceptors (Lipinski definition) is 2. The number of carboxylic acid groups (broad SMARTS) is 1. The average molecular weight is 335 g/mol. The maximum atomic E-state index is 13.3. The normalized spacial score (nSPS) is 21.4. The first-order valence-corrected chi connectivity index (χ1v) is 7.02. The Morgan fingerprint density at radius 2 is 1.95 bits per heavy atom. The molecule has 2 unspecified atom stereocenters. The van der Waals surface area contributed by atoms with Crippen molar-refractivity contribution in [2.24, 2.45) is 5.92 Å². The van der Waals surface area contributed by atoms with E-state index in [1.807, 2.05) is 0 Å². The standard InChI is InChI=1S/C13H13Cl2FN2O3/c1-6-2-3-18(11(6)12(19)20)13(21)17-7-4-8(14)10(16)9(15)5-7/h4-6,11H,2-3H2,1H3,(H,17,21)(H,19,20). The van der Waals surface area contributed by atoms with Crippen LogP contribution in [0.1, 0.15) is 13.3 Å². The number of carbonyl (C=O) groups is 2. The molecule has 1 aromatic rings. The van der Waals surface area contributed by atoms with E-state index in [2.05, 4.69) is 5.32 Å². The molecule has 0 spiro atoms. The van der Waals surface area contributed by atoms with Gasteiger partial charge in [0, 0.05) is 12.2 Å². The Bertz CT molecular complexity index is 574. The third kappa shape index (κ3) is 3.22. The highest BCUT2D eigenvalue weighted by Gasteiger charge is 2.39. The van der Waals surface area contributed by atoms with Crippen molar-refractivity contribution in [1.29, 1.82) is 0 Å². The van der Waals surface area contributed by atoms with Crippen molar-refractivity contribution in [2.45, 2.75) is 19.4 Å². The summed E-state index contributed by atoms with van der Waals surface area (Å²) in [6, 6.07) is 0.980. The average Bonchev–Trinajstić information content (AvgIpc) is 2.78. The van der Waals surface area contributed by atoms with Crippen LogP contribution < -0.4 is 5.32 Å². The molecular formula is C13H13Cl2FN2O3. The van der Waals surface area contributed by atoms with Crippen molar-refractivity contribution in [3.63, 3.8) is 0 Å². The van der Waals surface area contributed by atoms with Crippen molar-refractivity contribution in [2.75, 3.05) is 11.9 Å². The fraction of sp³-hybridized carbons (Fsp3) is 0.385. The minimum Gasteiger partial charge on any atom is -0.480 e. The number of likely N-dealkylation sites (tertiary alicyclic amines) is 1. The Balaban J connectivity index is 2.17. The Kier molecular flexibility index (Phi) is 4.58. The second-order valence-corrected chi connectivity index (χ2v) is 5.74. The summed E-state index contributed by atoms with van der Waals surface area (Å²) >= 11 is 11.3. The Hall–Kier alpha value is -1.53. The molecule has 0 saturated carbocycles. The number of urea groups is 1. The van der Waals surface area contributed by atoms with Gasteiger partial charge in [-0.3, -0.25) is 0 Å². The van der Waals surface area contributed by atoms with Gasteiger partial charge in [-0.05, 0) is 24.5 Å². The van der Waals surface area contributed by atoms with E-state index in [0.717, 1.165) is 0 Å². The van der Waals surface area contributed by atoms with Gasteiger partial charge in [-0.1, -0.05) is 30.1 Å². The first-order chi connectivity index (χ1) is 9.81. The maximum Gasteiger partial charge on any atom is 0.326 e. The van der Waals surface area contributed by atoms with Gasteiger partial charge >= 0.3 is 12.0 Å². The molecule has 2 atom stereocenters. The third-order valence-corrected chi connectivity index (χ3v) is 4.00. The molecule has 21 heavy (non-hydrogen) atoms. The van der Waals surface area contributed by atoms with Crippen LogP contribution >= 0.6 is 23.2 Å². The van der Waals surface area contributed by atoms with E-state index in [-0.39, 0.29) is 21.7 Å². The number of nitrogens with zero attached hydrogens (tertiary/aromatic N) is 1. The third-order valence-electron chi connectivity index (χ3n) is 3.45. The molecule has 1 heterocycles. The lowest BCUT2D eigenvalue weighted by molar-refractivity contribution is -0.142. The molecule has 0 aliphatic carbocycles. The van der Waals surface area contributed by atoms with Crippen molar-refractivity contribution in [3.05, 3.63) is 28.0 Å². The van der Waals surface area contributed by atoms with Crippen LogP contribution in [0.5, 0.6) is 0 Å². The van der Waals surface area contributed by atoms with Gasteiger partial charge in [0.15, 0.2) is 5.82 Å². The zero-order chi connectivity index (χ0) is 15.7. The summed E-state index contributed by atoms with van der Waals surface area (Å²) < 4.78 is 13.3. The second kappa shape index (κ2) is 6.07. The van der Waals surface area contributed by atoms with Gasteiger partial charge in [-0.2, -0.15) is 0 Å². The summed E-state index contributed by atoms with van der Waals surface area (Å²) in [5.41, 5.74) is 0.208. The number of halogens is 3. The minimum atomic E-state index is -1.05. The molecule has 1 saturated heterocycles. The summed E-state index contributed by atoms with van der Waals surface area (Å²) in [4.78, 5) is 24.6. The number of benzene rings is 1. The van der Waals surface area contributed by atoms with Crippen LogP contribution in [0.2, 0.25) is 10.0 Å². The fourth-order valence-corrected chi connectivity index (χ4v) is 2.86. The highest BCUT2D eigenvalue weighted by atomic mass is 35.5. The smallest absolute Gasteiger partial charge is 0.326 e. The summed E-state index contributed by atoms with van der Waals surface area (Å²) in [7, 11) is 0. The van der Waals surface area contributed by atoms with Crippen molar-refractivity contribution < 1.29 is 19.1 Å².